The number of hydrogen-bond donors (Lipinski definition) is 1. The van der Waals surface area contributed by atoms with Crippen LogP contribution in [0.4, 0.5) is 10.1 Å². The molecule has 2 aromatic rings. The molecule has 1 N–H and O–H groups in total. The van der Waals surface area contributed by atoms with Gasteiger partial charge >= 0.3 is 5.97 Å². The van der Waals surface area contributed by atoms with Crippen molar-refractivity contribution in [3.63, 3.8) is 0 Å². The fourth-order valence-electron chi connectivity index (χ4n) is 2.87. The van der Waals surface area contributed by atoms with Crippen molar-refractivity contribution in [2.75, 3.05) is 18.0 Å². The molecule has 0 bridgehead atoms. The summed E-state index contributed by atoms with van der Waals surface area (Å²) in [6.07, 6.45) is 0.976. The van der Waals surface area contributed by atoms with E-state index in [0.29, 0.717) is 11.6 Å². The van der Waals surface area contributed by atoms with Crippen LogP contribution in [0.25, 0.3) is 0 Å². The third-order valence-electron chi connectivity index (χ3n) is 3.99. The molecule has 1 saturated heterocycles. The molecule has 0 saturated carbocycles. The molecule has 3 rings (SSSR count). The van der Waals surface area contributed by atoms with E-state index < -0.39 is 11.8 Å². The Bertz CT molecular complexity index is 657. The third kappa shape index (κ3) is 2.75. The predicted octanol–water partition coefficient (Wildman–Crippen LogP) is 3.52. The Labute approximate surface area is 122 Å². The second-order valence-corrected chi connectivity index (χ2v) is 5.31. The zero-order chi connectivity index (χ0) is 14.8. The van der Waals surface area contributed by atoms with E-state index in [0.717, 1.165) is 25.6 Å². The van der Waals surface area contributed by atoms with Gasteiger partial charge in [0.15, 0.2) is 0 Å². The summed E-state index contributed by atoms with van der Waals surface area (Å²) in [5, 5.41) is 8.88. The zero-order valence-corrected chi connectivity index (χ0v) is 11.5. The number of nitrogens with zero attached hydrogens (tertiary/aromatic N) is 1. The minimum atomic E-state index is -1.11. The number of halogens is 1. The van der Waals surface area contributed by atoms with Crippen molar-refractivity contribution in [2.24, 2.45) is 0 Å². The zero-order valence-electron chi connectivity index (χ0n) is 11.5. The van der Waals surface area contributed by atoms with Gasteiger partial charge in [-0.25, -0.2) is 9.18 Å². The molecular formula is C17H16FNO2. The first kappa shape index (κ1) is 13.6. The second kappa shape index (κ2) is 5.56. The lowest BCUT2D eigenvalue weighted by atomic mass is 9.99. The molecule has 0 amide bonds. The van der Waals surface area contributed by atoms with Crippen molar-refractivity contribution in [3.05, 3.63) is 65.5 Å². The highest BCUT2D eigenvalue weighted by atomic mass is 19.1. The molecule has 0 aliphatic carbocycles. The van der Waals surface area contributed by atoms with E-state index in [1.54, 1.807) is 6.07 Å². The van der Waals surface area contributed by atoms with Gasteiger partial charge in [-0.3, -0.25) is 0 Å². The highest BCUT2D eigenvalue weighted by Gasteiger charge is 2.25. The lowest BCUT2D eigenvalue weighted by Gasteiger charge is -2.19. The smallest absolute Gasteiger partial charge is 0.335 e. The Morgan fingerprint density at radius 1 is 1.19 bits per heavy atom. The van der Waals surface area contributed by atoms with E-state index >= 15 is 0 Å². The third-order valence-corrected chi connectivity index (χ3v) is 3.99. The maximum absolute atomic E-state index is 14.1. The molecular weight excluding hydrogens is 269 g/mol. The summed E-state index contributed by atoms with van der Waals surface area (Å²) in [4.78, 5) is 12.8. The number of carbonyl (C=O) groups is 1. The minimum Gasteiger partial charge on any atom is -0.478 e. The van der Waals surface area contributed by atoms with Crippen molar-refractivity contribution < 1.29 is 14.3 Å². The first-order valence-electron chi connectivity index (χ1n) is 6.98. The number of rotatable bonds is 3. The summed E-state index contributed by atoms with van der Waals surface area (Å²) >= 11 is 0. The quantitative estimate of drug-likeness (QED) is 0.938. The molecule has 0 aromatic heterocycles. The van der Waals surface area contributed by atoms with Crippen molar-refractivity contribution in [3.8, 4) is 0 Å². The van der Waals surface area contributed by atoms with Gasteiger partial charge in [0.2, 0.25) is 0 Å². The largest absolute Gasteiger partial charge is 0.478 e. The average molecular weight is 285 g/mol. The maximum Gasteiger partial charge on any atom is 0.335 e. The Morgan fingerprint density at radius 2 is 1.95 bits per heavy atom. The van der Waals surface area contributed by atoms with Crippen molar-refractivity contribution in [1.29, 1.82) is 0 Å². The molecule has 1 fully saturated rings. The molecule has 3 nitrogen and oxygen atoms in total. The monoisotopic (exact) mass is 285 g/mol. The lowest BCUT2D eigenvalue weighted by molar-refractivity contribution is 0.0696. The predicted molar refractivity (Wildman–Crippen MR) is 79.4 cm³/mol. The van der Waals surface area contributed by atoms with Crippen LogP contribution in [0, 0.1) is 5.82 Å². The first-order valence-corrected chi connectivity index (χ1v) is 6.98. The number of anilines is 1. The Balaban J connectivity index is 1.79. The van der Waals surface area contributed by atoms with Gasteiger partial charge in [0.05, 0.1) is 11.3 Å². The number of benzene rings is 2. The van der Waals surface area contributed by atoms with Crippen molar-refractivity contribution in [2.45, 2.75) is 12.3 Å². The molecule has 0 spiro atoms. The standard InChI is InChI=1S/C17H16FNO2/c18-15-10-13(17(20)21)6-7-16(15)19-9-8-14(11-19)12-4-2-1-3-5-12/h1-7,10,14H,8-9,11H2,(H,20,21). The summed E-state index contributed by atoms with van der Waals surface area (Å²) < 4.78 is 14.1. The molecule has 4 heteroatoms. The molecule has 21 heavy (non-hydrogen) atoms. The van der Waals surface area contributed by atoms with Gasteiger partial charge < -0.3 is 10.0 Å². The number of hydrogen-bond acceptors (Lipinski definition) is 2. The number of carboxylic acid groups (broad SMARTS) is 1. The van der Waals surface area contributed by atoms with Crippen LogP contribution < -0.4 is 4.90 Å². The molecule has 1 aliphatic heterocycles. The molecule has 1 heterocycles. The topological polar surface area (TPSA) is 40.5 Å². The Hall–Kier alpha value is -2.36. The molecule has 1 atom stereocenters. The van der Waals surface area contributed by atoms with E-state index in [1.165, 1.54) is 11.6 Å². The van der Waals surface area contributed by atoms with Crippen LogP contribution in [0.1, 0.15) is 28.3 Å². The molecule has 1 unspecified atom stereocenters. The van der Waals surface area contributed by atoms with E-state index in [-0.39, 0.29) is 5.56 Å². The fourth-order valence-corrected chi connectivity index (χ4v) is 2.87. The number of aromatic carboxylic acids is 1. The average Bonchev–Trinajstić information content (AvgIpc) is 2.97. The van der Waals surface area contributed by atoms with E-state index in [9.17, 15) is 9.18 Å². The lowest BCUT2D eigenvalue weighted by Crippen LogP contribution is -2.20. The van der Waals surface area contributed by atoms with Crippen LogP contribution >= 0.6 is 0 Å². The summed E-state index contributed by atoms with van der Waals surface area (Å²) in [6, 6.07) is 14.3. The van der Waals surface area contributed by atoms with Crippen LogP contribution in [0.3, 0.4) is 0 Å². The van der Waals surface area contributed by atoms with Crippen LogP contribution in [0.5, 0.6) is 0 Å². The van der Waals surface area contributed by atoms with E-state index in [1.807, 2.05) is 23.1 Å². The normalized spacial score (nSPS) is 18.0. The highest BCUT2D eigenvalue weighted by molar-refractivity contribution is 5.88. The molecule has 108 valence electrons. The van der Waals surface area contributed by atoms with Crippen molar-refractivity contribution in [1.82, 2.24) is 0 Å². The molecule has 2 aromatic carbocycles. The maximum atomic E-state index is 14.1. The Kier molecular flexibility index (Phi) is 3.60. The summed E-state index contributed by atoms with van der Waals surface area (Å²) in [5.41, 5.74) is 1.73. The summed E-state index contributed by atoms with van der Waals surface area (Å²) in [5.74, 6) is -1.18. The van der Waals surface area contributed by atoms with Crippen LogP contribution in [0.2, 0.25) is 0 Å². The second-order valence-electron chi connectivity index (χ2n) is 5.31. The van der Waals surface area contributed by atoms with Gasteiger partial charge in [0, 0.05) is 19.0 Å². The number of carboxylic acids is 1. The molecule has 0 radical (unpaired) electrons. The molecule has 1 aliphatic rings. The van der Waals surface area contributed by atoms with Crippen molar-refractivity contribution >= 4 is 11.7 Å². The van der Waals surface area contributed by atoms with Crippen LogP contribution in [-0.2, 0) is 0 Å². The van der Waals surface area contributed by atoms with Gasteiger partial charge in [0.25, 0.3) is 0 Å². The van der Waals surface area contributed by atoms with Gasteiger partial charge in [-0.05, 0) is 30.2 Å². The highest BCUT2D eigenvalue weighted by Crippen LogP contribution is 2.32. The van der Waals surface area contributed by atoms with Crippen LogP contribution in [-0.4, -0.2) is 24.2 Å². The van der Waals surface area contributed by atoms with Gasteiger partial charge in [-0.1, -0.05) is 30.3 Å². The van der Waals surface area contributed by atoms with Gasteiger partial charge in [-0.15, -0.1) is 0 Å². The fraction of sp³-hybridized carbons (Fsp3) is 0.235. The van der Waals surface area contributed by atoms with E-state index in [4.69, 9.17) is 5.11 Å². The Morgan fingerprint density at radius 3 is 2.62 bits per heavy atom. The van der Waals surface area contributed by atoms with E-state index in [2.05, 4.69) is 12.1 Å². The summed E-state index contributed by atoms with van der Waals surface area (Å²) in [6.45, 7) is 1.54. The van der Waals surface area contributed by atoms with Gasteiger partial charge in [-0.2, -0.15) is 0 Å². The minimum absolute atomic E-state index is 0.0185. The van der Waals surface area contributed by atoms with Gasteiger partial charge in [0.1, 0.15) is 5.82 Å². The SMILES string of the molecule is O=C(O)c1ccc(N2CCC(c3ccccc3)C2)c(F)c1. The first-order chi connectivity index (χ1) is 10.1. The summed E-state index contributed by atoms with van der Waals surface area (Å²) in [7, 11) is 0. The van der Waals surface area contributed by atoms with Crippen LogP contribution in [0.15, 0.2) is 48.5 Å².